The normalized spacial score (nSPS) is 15.4. The SMILES string of the molecule is CCOC(=O)C1=C(C)N=c2s/c(=C/c3ccccc3Cl)c(=O)n2[C@@H]1c1cc(OC)c(OCC)cc1Br. The lowest BCUT2D eigenvalue weighted by Crippen LogP contribution is -2.40. The van der Waals surface area contributed by atoms with Gasteiger partial charge >= 0.3 is 5.97 Å². The van der Waals surface area contributed by atoms with Crippen molar-refractivity contribution < 1.29 is 19.0 Å². The minimum Gasteiger partial charge on any atom is -0.493 e. The van der Waals surface area contributed by atoms with Gasteiger partial charge in [0.25, 0.3) is 5.56 Å². The fourth-order valence-corrected chi connectivity index (χ4v) is 5.77. The molecule has 3 aromatic rings. The number of hydrogen-bond acceptors (Lipinski definition) is 7. The average Bonchev–Trinajstić information content (AvgIpc) is 3.14. The lowest BCUT2D eigenvalue weighted by Gasteiger charge is -2.26. The maximum Gasteiger partial charge on any atom is 0.338 e. The molecule has 2 aromatic carbocycles. The molecule has 0 unspecified atom stereocenters. The molecular weight excluding hydrogens is 568 g/mol. The van der Waals surface area contributed by atoms with E-state index < -0.39 is 12.0 Å². The first-order valence-corrected chi connectivity index (χ1v) is 13.2. The van der Waals surface area contributed by atoms with Crippen LogP contribution in [0.25, 0.3) is 6.08 Å². The molecule has 188 valence electrons. The van der Waals surface area contributed by atoms with E-state index in [4.69, 9.17) is 25.8 Å². The second-order valence-corrected chi connectivity index (χ2v) is 10.1. The Morgan fingerprint density at radius 3 is 2.64 bits per heavy atom. The van der Waals surface area contributed by atoms with Gasteiger partial charge in [-0.15, -0.1) is 0 Å². The maximum absolute atomic E-state index is 13.8. The highest BCUT2D eigenvalue weighted by Gasteiger charge is 2.35. The summed E-state index contributed by atoms with van der Waals surface area (Å²) in [5, 5.41) is 0.530. The second kappa shape index (κ2) is 11.0. The summed E-state index contributed by atoms with van der Waals surface area (Å²) in [6.07, 6.45) is 1.74. The fourth-order valence-electron chi connectivity index (χ4n) is 4.01. The molecule has 1 aliphatic heterocycles. The minimum atomic E-state index is -0.798. The molecule has 0 N–H and O–H groups in total. The highest BCUT2D eigenvalue weighted by molar-refractivity contribution is 9.10. The van der Waals surface area contributed by atoms with E-state index in [9.17, 15) is 9.59 Å². The number of hydrogen-bond donors (Lipinski definition) is 0. The molecule has 4 rings (SSSR count). The molecule has 0 bridgehead atoms. The highest BCUT2D eigenvalue weighted by Crippen LogP contribution is 2.41. The monoisotopic (exact) mass is 590 g/mol. The Kier molecular flexibility index (Phi) is 8.02. The molecule has 10 heteroatoms. The maximum atomic E-state index is 13.8. The number of benzene rings is 2. The van der Waals surface area contributed by atoms with E-state index in [1.54, 1.807) is 38.1 Å². The van der Waals surface area contributed by atoms with Crippen molar-refractivity contribution >= 4 is 50.9 Å². The molecule has 1 aromatic heterocycles. The molecule has 0 spiro atoms. The Morgan fingerprint density at radius 1 is 1.22 bits per heavy atom. The van der Waals surface area contributed by atoms with Crippen LogP contribution >= 0.6 is 38.9 Å². The Labute approximate surface area is 225 Å². The van der Waals surface area contributed by atoms with Crippen LogP contribution in [0.1, 0.15) is 37.9 Å². The van der Waals surface area contributed by atoms with Gasteiger partial charge in [-0.2, -0.15) is 0 Å². The predicted molar refractivity (Wildman–Crippen MR) is 144 cm³/mol. The Morgan fingerprint density at radius 2 is 1.97 bits per heavy atom. The summed E-state index contributed by atoms with van der Waals surface area (Å²) in [5.41, 5.74) is 1.81. The number of rotatable bonds is 7. The average molecular weight is 592 g/mol. The first-order chi connectivity index (χ1) is 17.3. The first-order valence-electron chi connectivity index (χ1n) is 11.2. The Hall–Kier alpha value is -2.88. The molecule has 1 aliphatic rings. The number of methoxy groups -OCH3 is 1. The van der Waals surface area contributed by atoms with Crippen molar-refractivity contribution in [1.82, 2.24) is 4.57 Å². The van der Waals surface area contributed by atoms with E-state index in [1.807, 2.05) is 25.1 Å². The summed E-state index contributed by atoms with van der Waals surface area (Å²) in [5.74, 6) is 0.482. The third-order valence-electron chi connectivity index (χ3n) is 5.59. The van der Waals surface area contributed by atoms with Gasteiger partial charge in [0.05, 0.1) is 42.2 Å². The number of allylic oxidation sites excluding steroid dienone is 1. The highest BCUT2D eigenvalue weighted by atomic mass is 79.9. The van der Waals surface area contributed by atoms with Crippen LogP contribution in [-0.4, -0.2) is 30.9 Å². The summed E-state index contributed by atoms with van der Waals surface area (Å²) in [6, 6.07) is 10.0. The van der Waals surface area contributed by atoms with Crippen molar-refractivity contribution in [3.05, 3.63) is 88.0 Å². The number of carbonyl (C=O) groups excluding carboxylic acids is 1. The van der Waals surface area contributed by atoms with Gasteiger partial charge in [-0.1, -0.05) is 57.1 Å². The van der Waals surface area contributed by atoms with Crippen molar-refractivity contribution in [2.75, 3.05) is 20.3 Å². The third-order valence-corrected chi connectivity index (χ3v) is 7.60. The molecule has 0 fully saturated rings. The van der Waals surface area contributed by atoms with E-state index in [0.717, 1.165) is 0 Å². The van der Waals surface area contributed by atoms with Crippen molar-refractivity contribution in [2.24, 2.45) is 4.99 Å². The number of thiazole rings is 1. The Bertz CT molecular complexity index is 1540. The number of halogens is 2. The van der Waals surface area contributed by atoms with Gasteiger partial charge in [0, 0.05) is 9.50 Å². The molecule has 1 atom stereocenters. The molecule has 0 saturated heterocycles. The van der Waals surface area contributed by atoms with Gasteiger partial charge in [-0.3, -0.25) is 9.36 Å². The number of fused-ring (bicyclic) bond motifs is 1. The number of ether oxygens (including phenoxy) is 3. The quantitative estimate of drug-likeness (QED) is 0.375. The summed E-state index contributed by atoms with van der Waals surface area (Å²) in [4.78, 5) is 32.0. The van der Waals surface area contributed by atoms with Crippen molar-refractivity contribution in [3.8, 4) is 11.5 Å². The lowest BCUT2D eigenvalue weighted by molar-refractivity contribution is -0.139. The molecule has 0 radical (unpaired) electrons. The van der Waals surface area contributed by atoms with Gasteiger partial charge in [0.2, 0.25) is 0 Å². The third kappa shape index (κ3) is 4.87. The molecule has 2 heterocycles. The van der Waals surface area contributed by atoms with E-state index in [0.29, 0.717) is 53.8 Å². The smallest absolute Gasteiger partial charge is 0.338 e. The second-order valence-electron chi connectivity index (χ2n) is 7.78. The van der Waals surface area contributed by atoms with Crippen LogP contribution < -0.4 is 24.4 Å². The molecule has 7 nitrogen and oxygen atoms in total. The number of esters is 1. The number of carbonyl (C=O) groups is 1. The van der Waals surface area contributed by atoms with Gasteiger partial charge < -0.3 is 14.2 Å². The fraction of sp³-hybridized carbons (Fsp3) is 0.269. The predicted octanol–water partition coefficient (Wildman–Crippen LogP) is 4.62. The molecular formula is C26H24BrClN2O5S. The van der Waals surface area contributed by atoms with Crippen LogP contribution in [0.4, 0.5) is 0 Å². The van der Waals surface area contributed by atoms with E-state index >= 15 is 0 Å². The van der Waals surface area contributed by atoms with Crippen LogP contribution in [0.3, 0.4) is 0 Å². The van der Waals surface area contributed by atoms with Crippen molar-refractivity contribution in [3.63, 3.8) is 0 Å². The molecule has 0 aliphatic carbocycles. The van der Waals surface area contributed by atoms with Gasteiger partial charge in [0.1, 0.15) is 0 Å². The zero-order chi connectivity index (χ0) is 26.0. The van der Waals surface area contributed by atoms with E-state index in [1.165, 1.54) is 23.0 Å². The van der Waals surface area contributed by atoms with Gasteiger partial charge in [-0.05, 0) is 56.2 Å². The summed E-state index contributed by atoms with van der Waals surface area (Å²) in [6.45, 7) is 5.99. The van der Waals surface area contributed by atoms with Crippen molar-refractivity contribution in [2.45, 2.75) is 26.8 Å². The van der Waals surface area contributed by atoms with E-state index in [-0.39, 0.29) is 17.7 Å². The lowest BCUT2D eigenvalue weighted by atomic mass is 9.95. The van der Waals surface area contributed by atoms with Crippen LogP contribution in [0.2, 0.25) is 5.02 Å². The zero-order valence-electron chi connectivity index (χ0n) is 20.1. The number of aromatic nitrogens is 1. The van der Waals surface area contributed by atoms with Crippen LogP contribution in [0, 0.1) is 0 Å². The minimum absolute atomic E-state index is 0.188. The standard InChI is InChI=1S/C26H24BrClN2O5S/c1-5-34-20-13-17(27)16(12-19(20)33-4)23-22(25(32)35-6-2)14(3)29-26-30(23)24(31)21(36-26)11-15-9-7-8-10-18(15)28/h7-13,23H,5-6H2,1-4H3/b21-11+/t23-/m1/s1. The van der Waals surface area contributed by atoms with Gasteiger partial charge in [0.15, 0.2) is 16.3 Å². The Balaban J connectivity index is 2.01. The molecule has 0 saturated carbocycles. The molecule has 0 amide bonds. The number of nitrogens with zero attached hydrogens (tertiary/aromatic N) is 2. The first kappa shape index (κ1) is 26.2. The van der Waals surface area contributed by atoms with Crippen molar-refractivity contribution in [1.29, 1.82) is 0 Å². The zero-order valence-corrected chi connectivity index (χ0v) is 23.3. The summed E-state index contributed by atoms with van der Waals surface area (Å²) in [7, 11) is 1.54. The molecule has 36 heavy (non-hydrogen) atoms. The summed E-state index contributed by atoms with van der Waals surface area (Å²) >= 11 is 11.2. The van der Waals surface area contributed by atoms with Crippen LogP contribution in [0.5, 0.6) is 11.5 Å². The van der Waals surface area contributed by atoms with E-state index in [2.05, 4.69) is 20.9 Å². The van der Waals surface area contributed by atoms with Gasteiger partial charge in [-0.25, -0.2) is 9.79 Å². The summed E-state index contributed by atoms with van der Waals surface area (Å²) < 4.78 is 19.2. The largest absolute Gasteiger partial charge is 0.493 e. The van der Waals surface area contributed by atoms with Crippen LogP contribution in [-0.2, 0) is 9.53 Å². The van der Waals surface area contributed by atoms with Crippen LogP contribution in [0.15, 0.2) is 61.9 Å². The topological polar surface area (TPSA) is 79.1 Å².